The van der Waals surface area contributed by atoms with Gasteiger partial charge in [0.2, 0.25) is 0 Å². The van der Waals surface area contributed by atoms with Gasteiger partial charge in [-0.05, 0) is 25.8 Å². The van der Waals surface area contributed by atoms with E-state index < -0.39 is 0 Å². The van der Waals surface area contributed by atoms with Gasteiger partial charge in [0.1, 0.15) is 5.82 Å². The van der Waals surface area contributed by atoms with Gasteiger partial charge in [-0.1, -0.05) is 25.1 Å². The van der Waals surface area contributed by atoms with E-state index in [1.807, 2.05) is 19.1 Å². The number of thioether (sulfide) groups is 1. The Bertz CT molecular complexity index is 415. The average Bonchev–Trinajstić information content (AvgIpc) is 2.81. The Balaban J connectivity index is 2.19. The number of benzene rings is 1. The summed E-state index contributed by atoms with van der Waals surface area (Å²) in [6, 6.07) is 6.93. The van der Waals surface area contributed by atoms with Crippen LogP contribution in [0.2, 0.25) is 0 Å². The van der Waals surface area contributed by atoms with Gasteiger partial charge >= 0.3 is 0 Å². The van der Waals surface area contributed by atoms with Crippen LogP contribution in [0.3, 0.4) is 0 Å². The minimum Gasteiger partial charge on any atom is -0.377 e. The molecule has 0 spiro atoms. The summed E-state index contributed by atoms with van der Waals surface area (Å²) in [5.74, 6) is -0.157. The standard InChI is InChI=1S/C15H22FNOS/c1-3-13(17)15(11-6-4-5-7-12(11)16)19-14-8-9-18-10(14)2/h4-7,10,13-15H,3,8-9,17H2,1-2H3. The third kappa shape index (κ3) is 3.50. The summed E-state index contributed by atoms with van der Waals surface area (Å²) in [6.45, 7) is 4.93. The van der Waals surface area contributed by atoms with Crippen LogP contribution < -0.4 is 5.73 Å². The lowest BCUT2D eigenvalue weighted by molar-refractivity contribution is 0.127. The maximum atomic E-state index is 14.0. The van der Waals surface area contributed by atoms with Gasteiger partial charge in [0.25, 0.3) is 0 Å². The minimum absolute atomic E-state index is 0.000324. The van der Waals surface area contributed by atoms with Gasteiger partial charge in [-0.25, -0.2) is 4.39 Å². The molecule has 1 aromatic carbocycles. The van der Waals surface area contributed by atoms with Crippen molar-refractivity contribution in [2.75, 3.05) is 6.61 Å². The van der Waals surface area contributed by atoms with Crippen LogP contribution in [0.15, 0.2) is 24.3 Å². The van der Waals surface area contributed by atoms with Crippen molar-refractivity contribution < 1.29 is 9.13 Å². The second-order valence-corrected chi connectivity index (χ2v) is 6.44. The van der Waals surface area contributed by atoms with Crippen LogP contribution in [-0.4, -0.2) is 24.0 Å². The first-order valence-electron chi connectivity index (χ1n) is 6.90. The highest BCUT2D eigenvalue weighted by Gasteiger charge is 2.31. The Labute approximate surface area is 118 Å². The fourth-order valence-electron chi connectivity index (χ4n) is 2.40. The van der Waals surface area contributed by atoms with E-state index in [1.165, 1.54) is 6.07 Å². The van der Waals surface area contributed by atoms with Crippen LogP contribution in [0.4, 0.5) is 4.39 Å². The van der Waals surface area contributed by atoms with Crippen molar-refractivity contribution in [1.82, 2.24) is 0 Å². The van der Waals surface area contributed by atoms with Crippen molar-refractivity contribution in [2.45, 2.75) is 49.3 Å². The highest BCUT2D eigenvalue weighted by molar-refractivity contribution is 8.00. The third-order valence-electron chi connectivity index (χ3n) is 3.70. The van der Waals surface area contributed by atoms with Crippen molar-refractivity contribution >= 4 is 11.8 Å². The molecule has 0 amide bonds. The molecular weight excluding hydrogens is 261 g/mol. The lowest BCUT2D eigenvalue weighted by Gasteiger charge is -2.27. The normalized spacial score (nSPS) is 26.3. The molecule has 1 aromatic rings. The van der Waals surface area contributed by atoms with Crippen LogP contribution in [-0.2, 0) is 4.74 Å². The fraction of sp³-hybridized carbons (Fsp3) is 0.600. The quantitative estimate of drug-likeness (QED) is 0.898. The molecule has 1 aliphatic heterocycles. The van der Waals surface area contributed by atoms with Crippen molar-refractivity contribution in [1.29, 1.82) is 0 Å². The molecule has 19 heavy (non-hydrogen) atoms. The van der Waals surface area contributed by atoms with Crippen LogP contribution >= 0.6 is 11.8 Å². The molecule has 0 saturated carbocycles. The number of halogens is 1. The van der Waals surface area contributed by atoms with Gasteiger partial charge < -0.3 is 10.5 Å². The van der Waals surface area contributed by atoms with E-state index in [-0.39, 0.29) is 23.2 Å². The molecule has 0 bridgehead atoms. The highest BCUT2D eigenvalue weighted by Crippen LogP contribution is 2.41. The molecule has 4 unspecified atom stereocenters. The monoisotopic (exact) mass is 283 g/mol. The molecule has 1 saturated heterocycles. The zero-order chi connectivity index (χ0) is 13.8. The Morgan fingerprint density at radius 2 is 2.21 bits per heavy atom. The molecule has 2 rings (SSSR count). The van der Waals surface area contributed by atoms with Crippen LogP contribution in [0.5, 0.6) is 0 Å². The third-order valence-corrected chi connectivity index (χ3v) is 5.57. The fourth-order valence-corrected chi connectivity index (χ4v) is 4.04. The van der Waals surface area contributed by atoms with E-state index in [0.29, 0.717) is 5.25 Å². The van der Waals surface area contributed by atoms with Crippen LogP contribution in [0, 0.1) is 5.82 Å². The number of rotatable bonds is 5. The van der Waals surface area contributed by atoms with Gasteiger partial charge in [-0.3, -0.25) is 0 Å². The summed E-state index contributed by atoms with van der Waals surface area (Å²) in [5, 5.41) is 0.405. The molecule has 2 N–H and O–H groups in total. The maximum Gasteiger partial charge on any atom is 0.127 e. The Morgan fingerprint density at radius 3 is 2.79 bits per heavy atom. The molecule has 106 valence electrons. The van der Waals surface area contributed by atoms with Crippen molar-refractivity contribution in [3.8, 4) is 0 Å². The summed E-state index contributed by atoms with van der Waals surface area (Å²) < 4.78 is 19.6. The predicted molar refractivity (Wildman–Crippen MR) is 78.8 cm³/mol. The first-order valence-corrected chi connectivity index (χ1v) is 7.84. The summed E-state index contributed by atoms with van der Waals surface area (Å²) in [4.78, 5) is 0. The van der Waals surface area contributed by atoms with E-state index in [1.54, 1.807) is 17.8 Å². The van der Waals surface area contributed by atoms with Gasteiger partial charge in [-0.2, -0.15) is 0 Å². The van der Waals surface area contributed by atoms with E-state index in [9.17, 15) is 4.39 Å². The van der Waals surface area contributed by atoms with Gasteiger partial charge in [0.15, 0.2) is 0 Å². The van der Waals surface area contributed by atoms with Crippen molar-refractivity contribution in [2.24, 2.45) is 5.73 Å². The van der Waals surface area contributed by atoms with Gasteiger partial charge in [-0.15, -0.1) is 11.8 Å². The molecule has 2 nitrogen and oxygen atoms in total. The smallest absolute Gasteiger partial charge is 0.127 e. The number of hydrogen-bond acceptors (Lipinski definition) is 3. The number of nitrogens with two attached hydrogens (primary N) is 1. The predicted octanol–water partition coefficient (Wildman–Crippen LogP) is 3.51. The maximum absolute atomic E-state index is 14.0. The average molecular weight is 283 g/mol. The topological polar surface area (TPSA) is 35.2 Å². The second-order valence-electron chi connectivity index (χ2n) is 5.05. The van der Waals surface area contributed by atoms with Crippen molar-refractivity contribution in [3.63, 3.8) is 0 Å². The molecule has 1 heterocycles. The minimum atomic E-state index is -0.157. The second kappa shape index (κ2) is 6.73. The molecule has 0 aromatic heterocycles. The van der Waals surface area contributed by atoms with E-state index >= 15 is 0 Å². The summed E-state index contributed by atoms with van der Waals surface area (Å²) in [7, 11) is 0. The van der Waals surface area contributed by atoms with Gasteiger partial charge in [0.05, 0.1) is 6.10 Å². The molecule has 0 radical (unpaired) electrons. The molecular formula is C15H22FNOS. The highest BCUT2D eigenvalue weighted by atomic mass is 32.2. The van der Waals surface area contributed by atoms with Gasteiger partial charge in [0, 0.05) is 28.7 Å². The van der Waals surface area contributed by atoms with Crippen molar-refractivity contribution in [3.05, 3.63) is 35.6 Å². The number of ether oxygens (including phenoxy) is 1. The Hall–Kier alpha value is -0.580. The first kappa shape index (κ1) is 14.8. The van der Waals surface area contributed by atoms with Crippen LogP contribution in [0.25, 0.3) is 0 Å². The Kier molecular flexibility index (Phi) is 5.25. The molecule has 1 aliphatic rings. The lowest BCUT2D eigenvalue weighted by atomic mass is 10.0. The summed E-state index contributed by atoms with van der Waals surface area (Å²) in [5.41, 5.74) is 6.94. The SMILES string of the molecule is CCC(N)C(SC1CCOC1C)c1ccccc1F. The first-order chi connectivity index (χ1) is 9.13. The zero-order valence-electron chi connectivity index (χ0n) is 11.5. The summed E-state index contributed by atoms with van der Waals surface area (Å²) >= 11 is 1.77. The molecule has 0 aliphatic carbocycles. The van der Waals surface area contributed by atoms with E-state index in [4.69, 9.17) is 10.5 Å². The summed E-state index contributed by atoms with van der Waals surface area (Å²) in [6.07, 6.45) is 2.09. The Morgan fingerprint density at radius 1 is 1.47 bits per heavy atom. The van der Waals surface area contributed by atoms with Crippen LogP contribution in [0.1, 0.15) is 37.5 Å². The molecule has 1 fully saturated rings. The molecule has 4 heteroatoms. The van der Waals surface area contributed by atoms with E-state index in [2.05, 4.69) is 6.92 Å². The molecule has 4 atom stereocenters. The largest absolute Gasteiger partial charge is 0.377 e. The lowest BCUT2D eigenvalue weighted by Crippen LogP contribution is -2.29. The van der Waals surface area contributed by atoms with E-state index in [0.717, 1.165) is 25.0 Å². The zero-order valence-corrected chi connectivity index (χ0v) is 12.3. The number of hydrogen-bond donors (Lipinski definition) is 1.